The Kier molecular flexibility index (Phi) is 5.54. The monoisotopic (exact) mass is 311 g/mol. The van der Waals surface area contributed by atoms with Crippen molar-refractivity contribution in [1.29, 1.82) is 0 Å². The van der Waals surface area contributed by atoms with Crippen LogP contribution >= 0.6 is 0 Å². The summed E-state index contributed by atoms with van der Waals surface area (Å²) in [6, 6.07) is 0.255. The first-order valence-electron chi connectivity index (χ1n) is 7.67. The van der Waals surface area contributed by atoms with E-state index in [1.54, 1.807) is 19.9 Å². The summed E-state index contributed by atoms with van der Waals surface area (Å²) in [6.07, 6.45) is 2.57. The Balaban J connectivity index is 2.94. The maximum atomic E-state index is 12.5. The maximum Gasteiger partial charge on any atom is 0.267 e. The van der Waals surface area contributed by atoms with Gasteiger partial charge >= 0.3 is 0 Å². The third kappa shape index (κ3) is 3.39. The molecule has 6 heteroatoms. The first-order valence-corrected chi connectivity index (χ1v) is 7.67. The number of amides is 1. The molecule has 0 unspecified atom stereocenters. The van der Waals surface area contributed by atoms with E-state index in [2.05, 4.69) is 18.8 Å². The van der Waals surface area contributed by atoms with Gasteiger partial charge in [0.2, 0.25) is 0 Å². The van der Waals surface area contributed by atoms with Gasteiger partial charge in [0.1, 0.15) is 0 Å². The molecule has 1 aliphatic rings. The van der Waals surface area contributed by atoms with Crippen LogP contribution in [0.5, 0.6) is 0 Å². The summed E-state index contributed by atoms with van der Waals surface area (Å²) in [5.41, 5.74) is -0.770. The Bertz CT molecular complexity index is 495. The van der Waals surface area contributed by atoms with Gasteiger partial charge in [0.15, 0.2) is 5.84 Å². The number of aliphatic hydroxyl groups excluding tert-OH is 1. The van der Waals surface area contributed by atoms with Crippen molar-refractivity contribution in [2.24, 2.45) is 10.4 Å². The van der Waals surface area contributed by atoms with Crippen LogP contribution in [0.1, 0.15) is 48.0 Å². The van der Waals surface area contributed by atoms with E-state index in [1.165, 1.54) is 0 Å². The van der Waals surface area contributed by atoms with Crippen LogP contribution in [0.3, 0.4) is 0 Å². The number of carbonyl (C=O) groups is 1. The molecule has 0 radical (unpaired) electrons. The first kappa shape index (κ1) is 18.8. The van der Waals surface area contributed by atoms with Crippen LogP contribution in [-0.2, 0) is 4.79 Å². The highest BCUT2D eigenvalue weighted by Gasteiger charge is 2.39. The molecule has 0 fully saturated rings. The van der Waals surface area contributed by atoms with Gasteiger partial charge in [-0.1, -0.05) is 20.8 Å². The third-order valence-corrected chi connectivity index (χ3v) is 4.67. The van der Waals surface area contributed by atoms with Crippen molar-refractivity contribution in [2.45, 2.75) is 59.5 Å². The molecule has 0 aromatic carbocycles. The van der Waals surface area contributed by atoms with E-state index in [9.17, 15) is 15.1 Å². The van der Waals surface area contributed by atoms with Crippen molar-refractivity contribution >= 4 is 11.7 Å². The van der Waals surface area contributed by atoms with E-state index < -0.39 is 11.0 Å². The number of nitrogens with zero attached hydrogens (tertiary/aromatic N) is 3. The van der Waals surface area contributed by atoms with E-state index in [4.69, 9.17) is 0 Å². The average molecular weight is 311 g/mol. The summed E-state index contributed by atoms with van der Waals surface area (Å²) in [5, 5.41) is 20.2. The van der Waals surface area contributed by atoms with E-state index in [0.29, 0.717) is 5.70 Å². The molecule has 0 bridgehead atoms. The largest absolute Gasteiger partial charge is 0.395 e. The van der Waals surface area contributed by atoms with E-state index >= 15 is 0 Å². The van der Waals surface area contributed by atoms with Crippen LogP contribution in [-0.4, -0.2) is 57.3 Å². The lowest BCUT2D eigenvalue weighted by Crippen LogP contribution is -2.52. The van der Waals surface area contributed by atoms with E-state index in [1.807, 2.05) is 25.8 Å². The zero-order valence-corrected chi connectivity index (χ0v) is 14.7. The summed E-state index contributed by atoms with van der Waals surface area (Å²) >= 11 is 0. The molecule has 0 aromatic heterocycles. The number of amidine groups is 1. The highest BCUT2D eigenvalue weighted by atomic mass is 16.5. The highest BCUT2D eigenvalue weighted by molar-refractivity contribution is 6.07. The zero-order chi connectivity index (χ0) is 17.3. The normalized spacial score (nSPS) is 19.3. The number of likely N-dealkylation sites (N-methyl/N-ethyl adjacent to an activating group) is 1. The van der Waals surface area contributed by atoms with E-state index in [0.717, 1.165) is 11.5 Å². The minimum absolute atomic E-state index is 0.0979. The second-order valence-electron chi connectivity index (χ2n) is 7.09. The predicted octanol–water partition coefficient (Wildman–Crippen LogP) is 2.03. The van der Waals surface area contributed by atoms with Gasteiger partial charge in [-0.05, 0) is 34.2 Å². The zero-order valence-electron chi connectivity index (χ0n) is 14.7. The van der Waals surface area contributed by atoms with Crippen LogP contribution in [0.15, 0.2) is 16.8 Å². The fourth-order valence-corrected chi connectivity index (χ4v) is 2.16. The van der Waals surface area contributed by atoms with Gasteiger partial charge in [0.25, 0.3) is 5.91 Å². The quantitative estimate of drug-likeness (QED) is 0.785. The molecule has 0 aliphatic carbocycles. The van der Waals surface area contributed by atoms with Crippen molar-refractivity contribution < 1.29 is 15.1 Å². The first-order chi connectivity index (χ1) is 9.98. The Labute approximate surface area is 133 Å². The molecule has 22 heavy (non-hydrogen) atoms. The molecule has 0 spiro atoms. The van der Waals surface area contributed by atoms with Crippen molar-refractivity contribution in [3.63, 3.8) is 0 Å². The number of aliphatic hydroxyl groups is 1. The Morgan fingerprint density at radius 2 is 1.95 bits per heavy atom. The third-order valence-electron chi connectivity index (χ3n) is 4.67. The van der Waals surface area contributed by atoms with Crippen LogP contribution in [0.25, 0.3) is 0 Å². The summed E-state index contributed by atoms with van der Waals surface area (Å²) in [7, 11) is 1.90. The number of hydrogen-bond donors (Lipinski definition) is 2. The van der Waals surface area contributed by atoms with Crippen molar-refractivity contribution in [1.82, 2.24) is 9.96 Å². The lowest BCUT2D eigenvalue weighted by molar-refractivity contribution is -0.128. The topological polar surface area (TPSA) is 76.4 Å². The number of carbonyl (C=O) groups excluding carboxylic acids is 1. The average Bonchev–Trinajstić information content (AvgIpc) is 2.47. The molecule has 1 atom stereocenters. The second kappa shape index (κ2) is 6.48. The fraction of sp³-hybridized carbons (Fsp3) is 0.750. The van der Waals surface area contributed by atoms with Gasteiger partial charge in [-0.15, -0.1) is 0 Å². The highest BCUT2D eigenvalue weighted by Crippen LogP contribution is 2.33. The Morgan fingerprint density at radius 3 is 2.36 bits per heavy atom. The smallest absolute Gasteiger partial charge is 0.267 e. The van der Waals surface area contributed by atoms with Gasteiger partial charge in [0, 0.05) is 17.5 Å². The molecule has 0 saturated heterocycles. The lowest BCUT2D eigenvalue weighted by Gasteiger charge is -2.39. The van der Waals surface area contributed by atoms with Gasteiger partial charge in [-0.2, -0.15) is 4.99 Å². The molecule has 1 amide bonds. The van der Waals surface area contributed by atoms with Gasteiger partial charge in [0.05, 0.1) is 17.8 Å². The van der Waals surface area contributed by atoms with Gasteiger partial charge < -0.3 is 5.11 Å². The standard InChI is InChI=1S/C16H29N3O3/c1-8-11(2)18(7)16(5,6)14(21)17-13-9-12(19(13)22)15(3,4)10-20/h9,11,20,22H,8,10H2,1-7H3/t11-/m0/s1. The summed E-state index contributed by atoms with van der Waals surface area (Å²) in [4.78, 5) is 18.5. The second-order valence-corrected chi connectivity index (χ2v) is 7.09. The van der Waals surface area contributed by atoms with Crippen molar-refractivity contribution in [2.75, 3.05) is 13.7 Å². The molecule has 1 aliphatic heterocycles. The van der Waals surface area contributed by atoms with Crippen molar-refractivity contribution in [3.8, 4) is 0 Å². The molecule has 1 heterocycles. The molecule has 0 aromatic rings. The van der Waals surface area contributed by atoms with Gasteiger partial charge in [-0.25, -0.2) is 5.06 Å². The van der Waals surface area contributed by atoms with Gasteiger partial charge in [-0.3, -0.25) is 14.9 Å². The van der Waals surface area contributed by atoms with Crippen molar-refractivity contribution in [3.05, 3.63) is 11.8 Å². The summed E-state index contributed by atoms with van der Waals surface area (Å²) in [6.45, 7) is 11.3. The Morgan fingerprint density at radius 1 is 1.41 bits per heavy atom. The molecule has 2 N–H and O–H groups in total. The Hall–Kier alpha value is -1.24. The number of hydroxylamine groups is 2. The van der Waals surface area contributed by atoms with Crippen LogP contribution in [0.2, 0.25) is 0 Å². The SMILES string of the molecule is CC[C@H](C)N(C)C(C)(C)C(=O)N=C1C=C(C(C)(C)CO)N1O. The number of aliphatic imine (C=N–C) groups is 1. The number of rotatable bonds is 6. The maximum absolute atomic E-state index is 12.5. The van der Waals surface area contributed by atoms with Crippen LogP contribution < -0.4 is 0 Å². The van der Waals surface area contributed by atoms with E-state index in [-0.39, 0.29) is 24.4 Å². The van der Waals surface area contributed by atoms with Crippen LogP contribution in [0.4, 0.5) is 0 Å². The molecule has 6 nitrogen and oxygen atoms in total. The minimum atomic E-state index is -0.751. The molecular weight excluding hydrogens is 282 g/mol. The predicted molar refractivity (Wildman–Crippen MR) is 86.6 cm³/mol. The molecule has 1 rings (SSSR count). The van der Waals surface area contributed by atoms with Crippen LogP contribution in [0, 0.1) is 5.41 Å². The summed E-state index contributed by atoms with van der Waals surface area (Å²) in [5.74, 6) is -0.0893. The number of hydrogen-bond acceptors (Lipinski definition) is 4. The lowest BCUT2D eigenvalue weighted by atomic mass is 9.86. The molecule has 126 valence electrons. The minimum Gasteiger partial charge on any atom is -0.395 e. The fourth-order valence-electron chi connectivity index (χ4n) is 2.16. The molecular formula is C16H29N3O3. The summed E-state index contributed by atoms with van der Waals surface area (Å²) < 4.78 is 0. The molecule has 0 saturated carbocycles.